The third-order valence-corrected chi connectivity index (χ3v) is 4.36. The van der Waals surface area contributed by atoms with Crippen LogP contribution in [0.25, 0.3) is 0 Å². The van der Waals surface area contributed by atoms with Crippen LogP contribution in [0.2, 0.25) is 0 Å². The number of amides is 1. The maximum Gasteiger partial charge on any atom is 0.273 e. The van der Waals surface area contributed by atoms with Crippen LogP contribution in [0.3, 0.4) is 0 Å². The third kappa shape index (κ3) is 3.40. The molecule has 0 fully saturated rings. The second kappa shape index (κ2) is 6.64. The predicted molar refractivity (Wildman–Crippen MR) is 84.6 cm³/mol. The van der Waals surface area contributed by atoms with Gasteiger partial charge in [-0.2, -0.15) is 5.10 Å². The summed E-state index contributed by atoms with van der Waals surface area (Å²) in [6, 6.07) is 0. The second-order valence-corrected chi connectivity index (χ2v) is 6.73. The number of hydrogen-bond donors (Lipinski definition) is 1. The highest BCUT2D eigenvalue weighted by Crippen LogP contribution is 2.27. The second-order valence-electron chi connectivity index (χ2n) is 5.81. The molecule has 1 amide bonds. The molecular formula is C15H19BrN4O2. The van der Waals surface area contributed by atoms with E-state index in [2.05, 4.69) is 38.4 Å². The highest BCUT2D eigenvalue weighted by molar-refractivity contribution is 9.10. The quantitative estimate of drug-likeness (QED) is 0.825. The molecule has 0 saturated heterocycles. The lowest BCUT2D eigenvalue weighted by molar-refractivity contribution is 0.0942. The molecule has 1 N–H and O–H groups in total. The molecule has 2 heterocycles. The first-order valence-corrected chi connectivity index (χ1v) is 8.36. The summed E-state index contributed by atoms with van der Waals surface area (Å²) in [5.41, 5.74) is 1.45. The van der Waals surface area contributed by atoms with Crippen molar-refractivity contribution in [2.24, 2.45) is 5.92 Å². The molecular weight excluding hydrogens is 348 g/mol. The Bertz CT molecular complexity index is 664. The van der Waals surface area contributed by atoms with Crippen LogP contribution < -0.4 is 5.32 Å². The van der Waals surface area contributed by atoms with Gasteiger partial charge in [-0.25, -0.2) is 0 Å². The van der Waals surface area contributed by atoms with Crippen LogP contribution in [-0.2, 0) is 19.4 Å². The molecule has 1 aliphatic carbocycles. The minimum Gasteiger partial charge on any atom is -0.360 e. The van der Waals surface area contributed by atoms with Gasteiger partial charge in [0.1, 0.15) is 5.76 Å². The molecule has 2 aromatic rings. The minimum absolute atomic E-state index is 0.138. The number of aryl methyl sites for hydroxylation is 2. The fraction of sp³-hybridized carbons (Fsp3) is 0.533. The molecule has 22 heavy (non-hydrogen) atoms. The van der Waals surface area contributed by atoms with Gasteiger partial charge in [0.15, 0.2) is 5.69 Å². The first kappa shape index (κ1) is 15.3. The first-order valence-electron chi connectivity index (χ1n) is 7.57. The number of rotatable bonds is 5. The Morgan fingerprint density at radius 3 is 3.23 bits per heavy atom. The molecule has 0 unspecified atom stereocenters. The molecule has 0 saturated carbocycles. The molecule has 6 nitrogen and oxygen atoms in total. The summed E-state index contributed by atoms with van der Waals surface area (Å²) in [6.07, 6.45) is 7.34. The van der Waals surface area contributed by atoms with Crippen molar-refractivity contribution in [2.45, 2.75) is 39.2 Å². The summed E-state index contributed by atoms with van der Waals surface area (Å²) >= 11 is 3.36. The van der Waals surface area contributed by atoms with Crippen LogP contribution in [0.5, 0.6) is 0 Å². The fourth-order valence-corrected chi connectivity index (χ4v) is 3.07. The summed E-state index contributed by atoms with van der Waals surface area (Å²) in [4.78, 5) is 12.2. The molecule has 7 heteroatoms. The van der Waals surface area contributed by atoms with E-state index >= 15 is 0 Å². The summed E-state index contributed by atoms with van der Waals surface area (Å²) in [6.45, 7) is 3.55. The average Bonchev–Trinajstić information content (AvgIpc) is 3.09. The third-order valence-electron chi connectivity index (χ3n) is 3.95. The van der Waals surface area contributed by atoms with E-state index in [1.807, 2.05) is 10.9 Å². The Kier molecular flexibility index (Phi) is 4.61. The zero-order chi connectivity index (χ0) is 15.5. The van der Waals surface area contributed by atoms with Crippen LogP contribution in [0.4, 0.5) is 0 Å². The number of carbonyl (C=O) groups is 1. The summed E-state index contributed by atoms with van der Waals surface area (Å²) in [5, 5.41) is 11.1. The topological polar surface area (TPSA) is 73.0 Å². The van der Waals surface area contributed by atoms with Gasteiger partial charge in [-0.05, 0) is 41.1 Å². The van der Waals surface area contributed by atoms with E-state index in [4.69, 9.17) is 4.52 Å². The summed E-state index contributed by atoms with van der Waals surface area (Å²) in [5.74, 6) is 1.32. The fourth-order valence-electron chi connectivity index (χ4n) is 2.74. The zero-order valence-corrected chi connectivity index (χ0v) is 14.1. The van der Waals surface area contributed by atoms with Crippen molar-refractivity contribution in [1.29, 1.82) is 0 Å². The van der Waals surface area contributed by atoms with Gasteiger partial charge >= 0.3 is 0 Å². The van der Waals surface area contributed by atoms with Gasteiger partial charge in [-0.15, -0.1) is 0 Å². The first-order chi connectivity index (χ1) is 10.6. The van der Waals surface area contributed by atoms with Crippen LogP contribution >= 0.6 is 15.9 Å². The van der Waals surface area contributed by atoms with Crippen molar-refractivity contribution in [2.75, 3.05) is 6.54 Å². The number of aromatic nitrogens is 3. The number of nitrogens with one attached hydrogen (secondary N) is 1. The van der Waals surface area contributed by atoms with Gasteiger partial charge in [0.25, 0.3) is 5.91 Å². The number of fused-ring (bicyclic) bond motifs is 1. The molecule has 0 aromatic carbocycles. The zero-order valence-electron chi connectivity index (χ0n) is 12.5. The monoisotopic (exact) mass is 366 g/mol. The van der Waals surface area contributed by atoms with Gasteiger partial charge in [-0.1, -0.05) is 12.1 Å². The minimum atomic E-state index is -0.138. The van der Waals surface area contributed by atoms with Gasteiger partial charge in [0.2, 0.25) is 0 Å². The van der Waals surface area contributed by atoms with Gasteiger partial charge in [0.05, 0.1) is 10.7 Å². The van der Waals surface area contributed by atoms with Crippen molar-refractivity contribution in [1.82, 2.24) is 20.3 Å². The van der Waals surface area contributed by atoms with E-state index in [1.54, 1.807) is 6.20 Å². The van der Waals surface area contributed by atoms with Crippen LogP contribution in [0.15, 0.2) is 21.4 Å². The van der Waals surface area contributed by atoms with Crippen molar-refractivity contribution < 1.29 is 9.32 Å². The predicted octanol–water partition coefficient (Wildman–Crippen LogP) is 2.58. The number of carbonyl (C=O) groups excluding carboxylic acids is 1. The van der Waals surface area contributed by atoms with E-state index in [1.165, 1.54) is 0 Å². The van der Waals surface area contributed by atoms with E-state index in [9.17, 15) is 4.79 Å². The number of halogens is 1. The molecule has 1 atom stereocenters. The Morgan fingerprint density at radius 2 is 2.45 bits per heavy atom. The highest BCUT2D eigenvalue weighted by Gasteiger charge is 2.26. The maximum absolute atomic E-state index is 12.2. The molecule has 0 bridgehead atoms. The molecule has 0 radical (unpaired) electrons. The Labute approximate surface area is 137 Å². The molecule has 2 aromatic heterocycles. The summed E-state index contributed by atoms with van der Waals surface area (Å²) < 4.78 is 8.11. The van der Waals surface area contributed by atoms with Gasteiger partial charge < -0.3 is 9.84 Å². The Hall–Kier alpha value is -1.63. The normalized spacial score (nSPS) is 17.3. The highest BCUT2D eigenvalue weighted by atomic mass is 79.9. The average molecular weight is 367 g/mol. The maximum atomic E-state index is 12.2. The van der Waals surface area contributed by atoms with Crippen molar-refractivity contribution in [3.63, 3.8) is 0 Å². The molecule has 0 aliphatic heterocycles. The largest absolute Gasteiger partial charge is 0.360 e. The standard InChI is InChI=1S/C15H19BrN4O2/c1-10-3-4-13-12(7-10)14(19-22-13)15(21)17-5-2-6-20-9-11(16)8-18-20/h8-10H,2-7H2,1H3,(H,17,21)/t10-/m0/s1. The smallest absolute Gasteiger partial charge is 0.273 e. The van der Waals surface area contributed by atoms with Crippen molar-refractivity contribution in [3.8, 4) is 0 Å². The van der Waals surface area contributed by atoms with E-state index in [-0.39, 0.29) is 5.91 Å². The lowest BCUT2D eigenvalue weighted by atomic mass is 9.88. The lowest BCUT2D eigenvalue weighted by Gasteiger charge is -2.16. The van der Waals surface area contributed by atoms with Crippen LogP contribution in [-0.4, -0.2) is 27.4 Å². The van der Waals surface area contributed by atoms with Gasteiger partial charge in [0, 0.05) is 31.3 Å². The molecule has 118 valence electrons. The van der Waals surface area contributed by atoms with E-state index in [0.29, 0.717) is 18.2 Å². The number of nitrogens with zero attached hydrogens (tertiary/aromatic N) is 3. The van der Waals surface area contributed by atoms with Crippen molar-refractivity contribution in [3.05, 3.63) is 33.9 Å². The van der Waals surface area contributed by atoms with E-state index < -0.39 is 0 Å². The lowest BCUT2D eigenvalue weighted by Crippen LogP contribution is -2.27. The van der Waals surface area contributed by atoms with E-state index in [0.717, 1.165) is 48.0 Å². The molecule has 1 aliphatic rings. The Morgan fingerprint density at radius 1 is 1.59 bits per heavy atom. The summed E-state index contributed by atoms with van der Waals surface area (Å²) in [7, 11) is 0. The molecule has 0 spiro atoms. The van der Waals surface area contributed by atoms with Crippen molar-refractivity contribution >= 4 is 21.8 Å². The van der Waals surface area contributed by atoms with Crippen LogP contribution in [0.1, 0.15) is 41.6 Å². The molecule has 3 rings (SSSR count). The SMILES string of the molecule is C[C@H]1CCc2onc(C(=O)NCCCn3cc(Br)cn3)c2C1. The Balaban J connectivity index is 1.51. The van der Waals surface area contributed by atoms with Gasteiger partial charge in [-0.3, -0.25) is 9.48 Å². The number of hydrogen-bond acceptors (Lipinski definition) is 4. The van der Waals surface area contributed by atoms with Crippen LogP contribution in [0, 0.1) is 5.92 Å².